The summed E-state index contributed by atoms with van der Waals surface area (Å²) in [5.41, 5.74) is 1.13. The smallest absolute Gasteiger partial charge is 0.224 e. The minimum absolute atomic E-state index is 0.170. The molecule has 1 N–H and O–H groups in total. The van der Waals surface area contributed by atoms with Crippen LogP contribution < -0.4 is 5.32 Å². The van der Waals surface area contributed by atoms with Gasteiger partial charge in [-0.15, -0.1) is 0 Å². The molecule has 1 heterocycles. The summed E-state index contributed by atoms with van der Waals surface area (Å²) in [6.45, 7) is 0. The molecular formula is C10H13NOS. The highest BCUT2D eigenvalue weighted by Crippen LogP contribution is 2.18. The molecule has 1 aliphatic carbocycles. The molecule has 13 heavy (non-hydrogen) atoms. The summed E-state index contributed by atoms with van der Waals surface area (Å²) in [5.74, 6) is 0.170. The Bertz CT molecular complexity index is 277. The van der Waals surface area contributed by atoms with Crippen LogP contribution in [0.4, 0.5) is 0 Å². The van der Waals surface area contributed by atoms with Crippen LogP contribution in [0.2, 0.25) is 0 Å². The van der Waals surface area contributed by atoms with Crippen molar-refractivity contribution in [2.45, 2.75) is 31.7 Å². The number of hydrogen-bond acceptors (Lipinski definition) is 2. The highest BCUT2D eigenvalue weighted by molar-refractivity contribution is 7.07. The zero-order valence-electron chi connectivity index (χ0n) is 7.45. The normalized spacial score (nSPS) is 16.6. The molecule has 3 heteroatoms. The molecule has 0 bridgehead atoms. The molecule has 0 aromatic carbocycles. The van der Waals surface area contributed by atoms with Crippen LogP contribution in [-0.2, 0) is 11.2 Å². The second-order valence-corrected chi connectivity index (χ2v) is 4.28. The highest BCUT2D eigenvalue weighted by atomic mass is 32.1. The first kappa shape index (κ1) is 8.75. The molecule has 1 fully saturated rings. The molecule has 0 saturated heterocycles. The lowest BCUT2D eigenvalue weighted by molar-refractivity contribution is -0.121. The molecule has 1 saturated carbocycles. The number of rotatable bonds is 3. The van der Waals surface area contributed by atoms with E-state index >= 15 is 0 Å². The maximum atomic E-state index is 11.4. The van der Waals surface area contributed by atoms with E-state index in [1.807, 2.05) is 16.8 Å². The molecule has 1 amide bonds. The average Bonchev–Trinajstić information content (AvgIpc) is 2.49. The average molecular weight is 195 g/mol. The lowest BCUT2D eigenvalue weighted by Gasteiger charge is -2.26. The zero-order chi connectivity index (χ0) is 9.10. The molecule has 0 radical (unpaired) electrons. The molecule has 1 aliphatic rings. The third-order valence-corrected chi connectivity index (χ3v) is 3.15. The summed E-state index contributed by atoms with van der Waals surface area (Å²) in [4.78, 5) is 11.4. The lowest BCUT2D eigenvalue weighted by Crippen LogP contribution is -2.40. The van der Waals surface area contributed by atoms with Crippen molar-refractivity contribution < 1.29 is 4.79 Å². The van der Waals surface area contributed by atoms with E-state index < -0.39 is 0 Å². The minimum Gasteiger partial charge on any atom is -0.353 e. The molecular weight excluding hydrogens is 182 g/mol. The van der Waals surface area contributed by atoms with Gasteiger partial charge >= 0.3 is 0 Å². The van der Waals surface area contributed by atoms with E-state index in [0.717, 1.165) is 18.4 Å². The van der Waals surface area contributed by atoms with Gasteiger partial charge in [0.1, 0.15) is 0 Å². The standard InChI is InChI=1S/C10H13NOS/c12-10(11-9-2-1-3-9)6-8-4-5-13-7-8/h4-5,7,9H,1-3,6H2,(H,11,12). The molecule has 0 spiro atoms. The predicted octanol–water partition coefficient (Wildman–Crippen LogP) is 1.96. The maximum absolute atomic E-state index is 11.4. The van der Waals surface area contributed by atoms with Crippen LogP contribution in [0.3, 0.4) is 0 Å². The number of amides is 1. The molecule has 1 aromatic heterocycles. The van der Waals surface area contributed by atoms with E-state index in [0.29, 0.717) is 12.5 Å². The molecule has 0 atom stereocenters. The van der Waals surface area contributed by atoms with Crippen molar-refractivity contribution in [1.29, 1.82) is 0 Å². The summed E-state index contributed by atoms with van der Waals surface area (Å²) < 4.78 is 0. The second kappa shape index (κ2) is 3.92. The number of hydrogen-bond donors (Lipinski definition) is 1. The third-order valence-electron chi connectivity index (χ3n) is 2.42. The Morgan fingerprint density at radius 3 is 3.00 bits per heavy atom. The Morgan fingerprint density at radius 1 is 1.62 bits per heavy atom. The number of nitrogens with one attached hydrogen (secondary N) is 1. The van der Waals surface area contributed by atoms with E-state index in [4.69, 9.17) is 0 Å². The minimum atomic E-state index is 0.170. The Balaban J connectivity index is 1.78. The van der Waals surface area contributed by atoms with E-state index in [-0.39, 0.29) is 5.91 Å². The molecule has 0 aliphatic heterocycles. The van der Waals surface area contributed by atoms with Crippen LogP contribution in [0.5, 0.6) is 0 Å². The van der Waals surface area contributed by atoms with Crippen molar-refractivity contribution in [1.82, 2.24) is 5.32 Å². The first-order chi connectivity index (χ1) is 6.34. The number of carbonyl (C=O) groups is 1. The van der Waals surface area contributed by atoms with E-state index in [9.17, 15) is 4.79 Å². The molecule has 2 nitrogen and oxygen atoms in total. The van der Waals surface area contributed by atoms with Gasteiger partial charge in [0.05, 0.1) is 6.42 Å². The Labute approximate surface area is 82.0 Å². The van der Waals surface area contributed by atoms with Crippen LogP contribution in [0.15, 0.2) is 16.8 Å². The Morgan fingerprint density at radius 2 is 2.46 bits per heavy atom. The van der Waals surface area contributed by atoms with Crippen molar-refractivity contribution in [3.8, 4) is 0 Å². The summed E-state index contributed by atoms with van der Waals surface area (Å²) >= 11 is 1.64. The van der Waals surface area contributed by atoms with Crippen LogP contribution in [0, 0.1) is 0 Å². The van der Waals surface area contributed by atoms with Crippen LogP contribution in [0.1, 0.15) is 24.8 Å². The number of thiophene rings is 1. The maximum Gasteiger partial charge on any atom is 0.224 e. The first-order valence-electron chi connectivity index (χ1n) is 4.65. The largest absolute Gasteiger partial charge is 0.353 e. The molecule has 1 aromatic rings. The van der Waals surface area contributed by atoms with Crippen LogP contribution in [-0.4, -0.2) is 11.9 Å². The molecule has 0 unspecified atom stereocenters. The van der Waals surface area contributed by atoms with E-state index in [2.05, 4.69) is 5.32 Å². The lowest BCUT2D eigenvalue weighted by atomic mass is 9.93. The number of carbonyl (C=O) groups excluding carboxylic acids is 1. The zero-order valence-corrected chi connectivity index (χ0v) is 8.27. The first-order valence-corrected chi connectivity index (χ1v) is 5.59. The van der Waals surface area contributed by atoms with Gasteiger partial charge in [-0.05, 0) is 41.7 Å². The van der Waals surface area contributed by atoms with Gasteiger partial charge in [-0.1, -0.05) is 0 Å². The van der Waals surface area contributed by atoms with E-state index in [1.165, 1.54) is 6.42 Å². The van der Waals surface area contributed by atoms with Crippen molar-refractivity contribution in [3.63, 3.8) is 0 Å². The highest BCUT2D eigenvalue weighted by Gasteiger charge is 2.19. The summed E-state index contributed by atoms with van der Waals surface area (Å²) in [7, 11) is 0. The summed E-state index contributed by atoms with van der Waals surface area (Å²) in [5, 5.41) is 7.05. The fourth-order valence-electron chi connectivity index (χ4n) is 1.41. The Kier molecular flexibility index (Phi) is 2.64. The van der Waals surface area contributed by atoms with Crippen molar-refractivity contribution >= 4 is 17.2 Å². The van der Waals surface area contributed by atoms with E-state index in [1.54, 1.807) is 11.3 Å². The second-order valence-electron chi connectivity index (χ2n) is 3.50. The third kappa shape index (κ3) is 2.31. The Hall–Kier alpha value is -0.830. The van der Waals surface area contributed by atoms with Gasteiger partial charge in [-0.25, -0.2) is 0 Å². The fourth-order valence-corrected chi connectivity index (χ4v) is 2.08. The fraction of sp³-hybridized carbons (Fsp3) is 0.500. The molecule has 70 valence electrons. The van der Waals surface area contributed by atoms with Crippen LogP contribution in [0.25, 0.3) is 0 Å². The molecule has 2 rings (SSSR count). The van der Waals surface area contributed by atoms with Gasteiger partial charge in [-0.3, -0.25) is 4.79 Å². The van der Waals surface area contributed by atoms with Crippen molar-refractivity contribution in [2.24, 2.45) is 0 Å². The van der Waals surface area contributed by atoms with Crippen molar-refractivity contribution in [2.75, 3.05) is 0 Å². The summed E-state index contributed by atoms with van der Waals surface area (Å²) in [6.07, 6.45) is 4.13. The van der Waals surface area contributed by atoms with Crippen molar-refractivity contribution in [3.05, 3.63) is 22.4 Å². The van der Waals surface area contributed by atoms with Gasteiger partial charge in [0.2, 0.25) is 5.91 Å². The van der Waals surface area contributed by atoms with Crippen LogP contribution >= 0.6 is 11.3 Å². The van der Waals surface area contributed by atoms with Gasteiger partial charge in [0, 0.05) is 6.04 Å². The predicted molar refractivity (Wildman–Crippen MR) is 53.8 cm³/mol. The topological polar surface area (TPSA) is 29.1 Å². The monoisotopic (exact) mass is 195 g/mol. The SMILES string of the molecule is O=C(Cc1ccsc1)NC1CCC1. The summed E-state index contributed by atoms with van der Waals surface area (Å²) in [6, 6.07) is 2.47. The van der Waals surface area contributed by atoms with Gasteiger partial charge in [0.25, 0.3) is 0 Å². The van der Waals surface area contributed by atoms with Gasteiger partial charge in [-0.2, -0.15) is 11.3 Å². The van der Waals surface area contributed by atoms with Gasteiger partial charge < -0.3 is 5.32 Å². The quantitative estimate of drug-likeness (QED) is 0.785. The van der Waals surface area contributed by atoms with Gasteiger partial charge in [0.15, 0.2) is 0 Å².